The molecule has 2 N–H and O–H groups in total. The minimum atomic E-state index is -0.636. The molecular formula is C35H35FN2O5. The van der Waals surface area contributed by atoms with Crippen LogP contribution in [0.5, 0.6) is 23.0 Å². The zero-order valence-electron chi connectivity index (χ0n) is 25.1. The van der Waals surface area contributed by atoms with Crippen LogP contribution in [-0.4, -0.2) is 25.9 Å². The molecule has 4 aromatic rings. The van der Waals surface area contributed by atoms with E-state index < -0.39 is 6.09 Å². The molecule has 0 saturated carbocycles. The molecule has 222 valence electrons. The van der Waals surface area contributed by atoms with E-state index in [1.165, 1.54) is 12.1 Å². The smallest absolute Gasteiger partial charge is 0.417 e. The highest BCUT2D eigenvalue weighted by molar-refractivity contribution is 5.89. The van der Waals surface area contributed by atoms with E-state index in [1.807, 2.05) is 25.1 Å². The SMILES string of the molecule is COc1ccc(NC(=O)Oc2ccc(-c3ccc4c(c3COc3cc(F)ccc3C)C(C)=CC(C)(C)N4)c(OC)c2)cc1. The van der Waals surface area contributed by atoms with E-state index in [-0.39, 0.29) is 18.0 Å². The van der Waals surface area contributed by atoms with Crippen LogP contribution in [0.2, 0.25) is 0 Å². The monoisotopic (exact) mass is 582 g/mol. The number of amides is 1. The fourth-order valence-electron chi connectivity index (χ4n) is 5.36. The molecule has 0 atom stereocenters. The molecule has 1 aliphatic rings. The summed E-state index contributed by atoms with van der Waals surface area (Å²) in [6.45, 7) is 8.40. The van der Waals surface area contributed by atoms with E-state index in [2.05, 4.69) is 37.5 Å². The van der Waals surface area contributed by atoms with Crippen molar-refractivity contribution in [2.75, 3.05) is 24.9 Å². The Balaban J connectivity index is 1.48. The van der Waals surface area contributed by atoms with Gasteiger partial charge in [-0.1, -0.05) is 18.2 Å². The van der Waals surface area contributed by atoms with Crippen LogP contribution in [0.4, 0.5) is 20.6 Å². The summed E-state index contributed by atoms with van der Waals surface area (Å²) in [6.07, 6.45) is 1.55. The second kappa shape index (κ2) is 12.1. The average molecular weight is 583 g/mol. The van der Waals surface area contributed by atoms with Gasteiger partial charge in [0.1, 0.15) is 35.4 Å². The van der Waals surface area contributed by atoms with Gasteiger partial charge in [-0.3, -0.25) is 5.32 Å². The third kappa shape index (κ3) is 6.59. The molecule has 0 saturated heterocycles. The second-order valence-corrected chi connectivity index (χ2v) is 11.0. The summed E-state index contributed by atoms with van der Waals surface area (Å²) in [5.41, 5.74) is 6.89. The van der Waals surface area contributed by atoms with Crippen molar-refractivity contribution in [1.29, 1.82) is 0 Å². The molecule has 1 aliphatic heterocycles. The predicted molar refractivity (Wildman–Crippen MR) is 168 cm³/mol. The van der Waals surface area contributed by atoms with Crippen molar-refractivity contribution < 1.29 is 28.1 Å². The first-order chi connectivity index (χ1) is 20.6. The lowest BCUT2D eigenvalue weighted by molar-refractivity contribution is 0.215. The van der Waals surface area contributed by atoms with E-state index in [4.69, 9.17) is 18.9 Å². The summed E-state index contributed by atoms with van der Waals surface area (Å²) < 4.78 is 36.8. The van der Waals surface area contributed by atoms with E-state index >= 15 is 0 Å². The molecule has 4 aromatic carbocycles. The zero-order chi connectivity index (χ0) is 30.7. The molecule has 0 aromatic heterocycles. The normalized spacial score (nSPS) is 13.2. The van der Waals surface area contributed by atoms with Crippen molar-refractivity contribution >= 4 is 23.0 Å². The van der Waals surface area contributed by atoms with Crippen LogP contribution >= 0.6 is 0 Å². The van der Waals surface area contributed by atoms with E-state index in [1.54, 1.807) is 56.7 Å². The first-order valence-electron chi connectivity index (χ1n) is 13.9. The highest BCUT2D eigenvalue weighted by Crippen LogP contribution is 2.43. The van der Waals surface area contributed by atoms with Crippen molar-refractivity contribution in [1.82, 2.24) is 0 Å². The largest absolute Gasteiger partial charge is 0.497 e. The van der Waals surface area contributed by atoms with Gasteiger partial charge in [-0.25, -0.2) is 9.18 Å². The van der Waals surface area contributed by atoms with Crippen LogP contribution < -0.4 is 29.6 Å². The number of ether oxygens (including phenoxy) is 4. The van der Waals surface area contributed by atoms with Crippen LogP contribution in [0.15, 0.2) is 78.9 Å². The van der Waals surface area contributed by atoms with Gasteiger partial charge in [-0.05, 0) is 92.9 Å². The summed E-state index contributed by atoms with van der Waals surface area (Å²) in [5, 5.41) is 6.30. The van der Waals surface area contributed by atoms with Gasteiger partial charge in [0, 0.05) is 40.2 Å². The Morgan fingerprint density at radius 3 is 2.30 bits per heavy atom. The molecule has 0 bridgehead atoms. The van der Waals surface area contributed by atoms with Gasteiger partial charge in [0.15, 0.2) is 0 Å². The number of rotatable bonds is 8. The Labute approximate surface area is 251 Å². The lowest BCUT2D eigenvalue weighted by Crippen LogP contribution is -2.32. The predicted octanol–water partition coefficient (Wildman–Crippen LogP) is 8.62. The minimum Gasteiger partial charge on any atom is -0.497 e. The van der Waals surface area contributed by atoms with Crippen molar-refractivity contribution in [3.05, 3.63) is 101 Å². The fourth-order valence-corrected chi connectivity index (χ4v) is 5.36. The van der Waals surface area contributed by atoms with Gasteiger partial charge in [-0.15, -0.1) is 0 Å². The Bertz CT molecular complexity index is 1700. The zero-order valence-corrected chi connectivity index (χ0v) is 25.1. The summed E-state index contributed by atoms with van der Waals surface area (Å²) in [7, 11) is 3.15. The first kappa shape index (κ1) is 29.5. The van der Waals surface area contributed by atoms with Crippen molar-refractivity contribution in [3.8, 4) is 34.1 Å². The van der Waals surface area contributed by atoms with Crippen LogP contribution in [0.25, 0.3) is 16.7 Å². The molecule has 1 heterocycles. The second-order valence-electron chi connectivity index (χ2n) is 11.0. The van der Waals surface area contributed by atoms with Crippen LogP contribution in [0.3, 0.4) is 0 Å². The number of methoxy groups -OCH3 is 2. The van der Waals surface area contributed by atoms with Gasteiger partial charge in [-0.2, -0.15) is 0 Å². The molecule has 43 heavy (non-hydrogen) atoms. The third-order valence-electron chi connectivity index (χ3n) is 7.27. The third-order valence-corrected chi connectivity index (χ3v) is 7.27. The Morgan fingerprint density at radius 2 is 1.58 bits per heavy atom. The number of allylic oxidation sites excluding steroid dienone is 1. The number of carbonyl (C=O) groups excluding carboxylic acids is 1. The number of benzene rings is 4. The van der Waals surface area contributed by atoms with Gasteiger partial charge >= 0.3 is 6.09 Å². The lowest BCUT2D eigenvalue weighted by atomic mass is 9.85. The number of hydrogen-bond acceptors (Lipinski definition) is 6. The standard InChI is InChI=1S/C35H35FN2O5/c1-21-7-8-23(36)17-31(21)42-20-29-27(15-16-30-33(29)22(2)19-35(3,4)38-30)28-14-13-26(18-32(28)41-6)43-34(39)37-24-9-11-25(40-5)12-10-24/h7-19,38H,20H2,1-6H3,(H,37,39). The maximum absolute atomic E-state index is 14.1. The molecule has 5 rings (SSSR count). The number of anilines is 2. The molecule has 0 unspecified atom stereocenters. The van der Waals surface area contributed by atoms with Gasteiger partial charge < -0.3 is 24.3 Å². The van der Waals surface area contributed by atoms with E-state index in [0.717, 1.165) is 39.1 Å². The summed E-state index contributed by atoms with van der Waals surface area (Å²) in [6, 6.07) is 20.8. The maximum atomic E-state index is 14.1. The van der Waals surface area contributed by atoms with E-state index in [9.17, 15) is 9.18 Å². The van der Waals surface area contributed by atoms with Gasteiger partial charge in [0.05, 0.1) is 19.8 Å². The number of nitrogens with one attached hydrogen (secondary N) is 2. The highest BCUT2D eigenvalue weighted by atomic mass is 19.1. The Morgan fingerprint density at radius 1 is 0.860 bits per heavy atom. The number of carbonyl (C=O) groups is 1. The molecule has 8 heteroatoms. The fraction of sp³-hybridized carbons (Fsp3) is 0.229. The summed E-state index contributed by atoms with van der Waals surface area (Å²) in [5.74, 6) is 1.64. The minimum absolute atomic E-state index is 0.196. The molecular weight excluding hydrogens is 547 g/mol. The number of halogens is 1. The molecule has 0 aliphatic carbocycles. The van der Waals surface area contributed by atoms with Gasteiger partial charge in [0.25, 0.3) is 0 Å². The molecule has 7 nitrogen and oxygen atoms in total. The Hall–Kier alpha value is -4.98. The van der Waals surface area contributed by atoms with Gasteiger partial charge in [0.2, 0.25) is 0 Å². The maximum Gasteiger partial charge on any atom is 0.417 e. The van der Waals surface area contributed by atoms with Crippen LogP contribution in [0, 0.1) is 12.7 Å². The number of fused-ring (bicyclic) bond motifs is 1. The van der Waals surface area contributed by atoms with Crippen molar-refractivity contribution in [2.24, 2.45) is 0 Å². The molecule has 0 radical (unpaired) electrons. The molecule has 0 spiro atoms. The highest BCUT2D eigenvalue weighted by Gasteiger charge is 2.27. The average Bonchev–Trinajstić information content (AvgIpc) is 2.97. The van der Waals surface area contributed by atoms with Crippen molar-refractivity contribution in [2.45, 2.75) is 39.8 Å². The number of aryl methyl sites for hydroxylation is 1. The van der Waals surface area contributed by atoms with Crippen molar-refractivity contribution in [3.63, 3.8) is 0 Å². The topological polar surface area (TPSA) is 78.1 Å². The quantitative estimate of drug-likeness (QED) is 0.217. The molecule has 0 fully saturated rings. The van der Waals surface area contributed by atoms with E-state index in [0.29, 0.717) is 28.7 Å². The molecule has 1 amide bonds. The summed E-state index contributed by atoms with van der Waals surface area (Å²) >= 11 is 0. The number of hydrogen-bond donors (Lipinski definition) is 2. The first-order valence-corrected chi connectivity index (χ1v) is 13.9. The van der Waals surface area contributed by atoms with Crippen LogP contribution in [0.1, 0.15) is 37.5 Å². The Kier molecular flexibility index (Phi) is 8.30. The summed E-state index contributed by atoms with van der Waals surface area (Å²) in [4.78, 5) is 12.6. The van der Waals surface area contributed by atoms with Crippen LogP contribution in [-0.2, 0) is 6.61 Å². The lowest BCUT2D eigenvalue weighted by Gasteiger charge is -2.33.